The van der Waals surface area contributed by atoms with E-state index in [-0.39, 0.29) is 11.9 Å². The average molecular weight is 369 g/mol. The lowest BCUT2D eigenvalue weighted by molar-refractivity contribution is 0.0946. The average Bonchev–Trinajstić information content (AvgIpc) is 3.32. The Hall–Kier alpha value is -2.51. The Morgan fingerprint density at radius 3 is 2.62 bits per heavy atom. The number of aromatic nitrogens is 3. The number of rotatable bonds is 7. The van der Waals surface area contributed by atoms with Crippen molar-refractivity contribution in [2.45, 2.75) is 32.4 Å². The summed E-state index contributed by atoms with van der Waals surface area (Å²) in [4.78, 5) is 13.4. The van der Waals surface area contributed by atoms with Crippen molar-refractivity contribution in [2.24, 2.45) is 5.73 Å². The molecule has 0 fully saturated rings. The molecule has 0 radical (unpaired) electrons. The van der Waals surface area contributed by atoms with Gasteiger partial charge >= 0.3 is 0 Å². The first-order chi connectivity index (χ1) is 12.5. The third-order valence-electron chi connectivity index (χ3n) is 4.18. The SMILES string of the molecule is CC(C)c1ccc(C(N)CNC(=O)c2cn(Cc3cccs3)nn2)cc1. The summed E-state index contributed by atoms with van der Waals surface area (Å²) < 4.78 is 1.66. The van der Waals surface area contributed by atoms with E-state index < -0.39 is 0 Å². The van der Waals surface area contributed by atoms with Gasteiger partial charge in [-0.15, -0.1) is 16.4 Å². The Bertz CT molecular complexity index is 839. The Balaban J connectivity index is 1.54. The Kier molecular flexibility index (Phi) is 5.80. The standard InChI is InChI=1S/C19H23N5OS/c1-13(2)14-5-7-15(8-6-14)17(20)10-21-19(25)18-12-24(23-22-18)11-16-4-3-9-26-16/h3-9,12-13,17H,10-11,20H2,1-2H3,(H,21,25). The van der Waals surface area contributed by atoms with Crippen molar-refractivity contribution in [2.75, 3.05) is 6.54 Å². The molecule has 0 aliphatic carbocycles. The second kappa shape index (κ2) is 8.25. The van der Waals surface area contributed by atoms with Crippen LogP contribution in [0.15, 0.2) is 48.0 Å². The number of hydrogen-bond donors (Lipinski definition) is 2. The van der Waals surface area contributed by atoms with Crippen molar-refractivity contribution in [3.63, 3.8) is 0 Å². The molecule has 1 unspecified atom stereocenters. The first-order valence-electron chi connectivity index (χ1n) is 8.59. The zero-order valence-electron chi connectivity index (χ0n) is 14.9. The molecule has 3 rings (SSSR count). The predicted octanol–water partition coefficient (Wildman–Crippen LogP) is 2.94. The zero-order chi connectivity index (χ0) is 18.5. The zero-order valence-corrected chi connectivity index (χ0v) is 15.7. The predicted molar refractivity (Wildman–Crippen MR) is 103 cm³/mol. The second-order valence-corrected chi connectivity index (χ2v) is 7.55. The molecular weight excluding hydrogens is 346 g/mol. The van der Waals surface area contributed by atoms with Gasteiger partial charge in [0.25, 0.3) is 5.91 Å². The largest absolute Gasteiger partial charge is 0.349 e. The Morgan fingerprint density at radius 1 is 1.23 bits per heavy atom. The molecule has 26 heavy (non-hydrogen) atoms. The van der Waals surface area contributed by atoms with Gasteiger partial charge < -0.3 is 11.1 Å². The Morgan fingerprint density at radius 2 is 1.96 bits per heavy atom. The number of thiophene rings is 1. The van der Waals surface area contributed by atoms with Crippen LogP contribution in [0.25, 0.3) is 0 Å². The summed E-state index contributed by atoms with van der Waals surface area (Å²) in [5.41, 5.74) is 8.75. The fraction of sp³-hybridized carbons (Fsp3) is 0.316. The molecule has 0 aliphatic rings. The third-order valence-corrected chi connectivity index (χ3v) is 5.04. The molecule has 1 aromatic carbocycles. The van der Waals surface area contributed by atoms with Gasteiger partial charge in [-0.3, -0.25) is 4.79 Å². The fourth-order valence-corrected chi connectivity index (χ4v) is 3.28. The van der Waals surface area contributed by atoms with Gasteiger partial charge in [0, 0.05) is 17.5 Å². The summed E-state index contributed by atoms with van der Waals surface area (Å²) in [6, 6.07) is 11.9. The van der Waals surface area contributed by atoms with E-state index >= 15 is 0 Å². The molecule has 3 aromatic rings. The maximum absolute atomic E-state index is 12.3. The van der Waals surface area contributed by atoms with Crippen LogP contribution < -0.4 is 11.1 Å². The van der Waals surface area contributed by atoms with Crippen molar-refractivity contribution in [3.8, 4) is 0 Å². The van der Waals surface area contributed by atoms with Crippen LogP contribution in [0.2, 0.25) is 0 Å². The maximum Gasteiger partial charge on any atom is 0.273 e. The highest BCUT2D eigenvalue weighted by molar-refractivity contribution is 7.09. The molecule has 2 heterocycles. The lowest BCUT2D eigenvalue weighted by Gasteiger charge is -2.14. The minimum absolute atomic E-state index is 0.263. The van der Waals surface area contributed by atoms with E-state index in [0.717, 1.165) is 10.4 Å². The molecule has 2 aromatic heterocycles. The van der Waals surface area contributed by atoms with E-state index in [4.69, 9.17) is 5.73 Å². The molecule has 1 amide bonds. The monoisotopic (exact) mass is 369 g/mol. The van der Waals surface area contributed by atoms with Gasteiger partial charge in [0.2, 0.25) is 0 Å². The van der Waals surface area contributed by atoms with Gasteiger partial charge in [-0.1, -0.05) is 49.4 Å². The van der Waals surface area contributed by atoms with Gasteiger partial charge in [0.15, 0.2) is 5.69 Å². The van der Waals surface area contributed by atoms with Crippen LogP contribution >= 0.6 is 11.3 Å². The van der Waals surface area contributed by atoms with Gasteiger partial charge in [-0.25, -0.2) is 4.68 Å². The van der Waals surface area contributed by atoms with Crippen LogP contribution in [-0.4, -0.2) is 27.4 Å². The fourth-order valence-electron chi connectivity index (χ4n) is 2.58. The van der Waals surface area contributed by atoms with Crippen LogP contribution in [0, 0.1) is 0 Å². The molecule has 0 saturated carbocycles. The van der Waals surface area contributed by atoms with Gasteiger partial charge in [0.1, 0.15) is 0 Å². The highest BCUT2D eigenvalue weighted by atomic mass is 32.1. The highest BCUT2D eigenvalue weighted by Crippen LogP contribution is 2.17. The minimum Gasteiger partial charge on any atom is -0.349 e. The van der Waals surface area contributed by atoms with Crippen LogP contribution in [0.5, 0.6) is 0 Å². The molecule has 136 valence electrons. The van der Waals surface area contributed by atoms with E-state index in [1.165, 1.54) is 5.56 Å². The summed E-state index contributed by atoms with van der Waals surface area (Å²) in [5.74, 6) is 0.216. The first kappa shape index (κ1) is 18.3. The number of benzene rings is 1. The minimum atomic E-state index is -0.267. The van der Waals surface area contributed by atoms with E-state index in [0.29, 0.717) is 24.7 Å². The number of hydrogen-bond acceptors (Lipinski definition) is 5. The summed E-state index contributed by atoms with van der Waals surface area (Å²) >= 11 is 1.64. The first-order valence-corrected chi connectivity index (χ1v) is 9.47. The number of carbonyl (C=O) groups is 1. The van der Waals surface area contributed by atoms with Crippen molar-refractivity contribution < 1.29 is 4.79 Å². The van der Waals surface area contributed by atoms with E-state index in [2.05, 4.69) is 41.6 Å². The van der Waals surface area contributed by atoms with Crippen molar-refractivity contribution >= 4 is 17.2 Å². The van der Waals surface area contributed by atoms with Gasteiger partial charge in [0.05, 0.1) is 12.7 Å². The van der Waals surface area contributed by atoms with Crippen molar-refractivity contribution in [1.29, 1.82) is 0 Å². The summed E-state index contributed by atoms with van der Waals surface area (Å²) in [6.45, 7) is 5.26. The Labute approximate surface area is 157 Å². The summed E-state index contributed by atoms with van der Waals surface area (Å²) in [5, 5.41) is 12.8. The molecule has 0 saturated heterocycles. The molecule has 0 aliphatic heterocycles. The smallest absolute Gasteiger partial charge is 0.273 e. The molecule has 6 nitrogen and oxygen atoms in total. The number of amides is 1. The molecule has 3 N–H and O–H groups in total. The lowest BCUT2D eigenvalue weighted by Crippen LogP contribution is -2.32. The summed E-state index contributed by atoms with van der Waals surface area (Å²) in [6.07, 6.45) is 1.65. The normalized spacial score (nSPS) is 12.3. The van der Waals surface area contributed by atoms with Crippen LogP contribution in [0.1, 0.15) is 52.3 Å². The highest BCUT2D eigenvalue weighted by Gasteiger charge is 2.13. The van der Waals surface area contributed by atoms with Crippen LogP contribution in [0.3, 0.4) is 0 Å². The van der Waals surface area contributed by atoms with Crippen molar-refractivity contribution in [1.82, 2.24) is 20.3 Å². The maximum atomic E-state index is 12.3. The molecular formula is C19H23N5OS. The summed E-state index contributed by atoms with van der Waals surface area (Å²) in [7, 11) is 0. The number of nitrogens with two attached hydrogens (primary N) is 1. The van der Waals surface area contributed by atoms with Crippen LogP contribution in [-0.2, 0) is 6.54 Å². The van der Waals surface area contributed by atoms with E-state index in [9.17, 15) is 4.79 Å². The molecule has 0 spiro atoms. The van der Waals surface area contributed by atoms with E-state index in [1.807, 2.05) is 29.6 Å². The lowest BCUT2D eigenvalue weighted by atomic mass is 9.99. The number of carbonyl (C=O) groups excluding carboxylic acids is 1. The van der Waals surface area contributed by atoms with Gasteiger partial charge in [-0.05, 0) is 28.5 Å². The molecule has 1 atom stereocenters. The molecule has 7 heteroatoms. The van der Waals surface area contributed by atoms with E-state index in [1.54, 1.807) is 22.2 Å². The second-order valence-electron chi connectivity index (χ2n) is 6.52. The number of nitrogens with zero attached hydrogens (tertiary/aromatic N) is 3. The van der Waals surface area contributed by atoms with Crippen LogP contribution in [0.4, 0.5) is 0 Å². The third kappa shape index (κ3) is 4.56. The number of nitrogens with one attached hydrogen (secondary N) is 1. The van der Waals surface area contributed by atoms with Crippen molar-refractivity contribution in [3.05, 3.63) is 69.7 Å². The quantitative estimate of drug-likeness (QED) is 0.670. The van der Waals surface area contributed by atoms with Gasteiger partial charge in [-0.2, -0.15) is 0 Å². The molecule has 0 bridgehead atoms. The topological polar surface area (TPSA) is 85.8 Å².